The number of nitrogens with zero attached hydrogens (tertiary/aromatic N) is 2. The number of halogens is 1. The molecule has 2 saturated carbocycles. The molecular weight excluding hydrogens is 457 g/mol. The Morgan fingerprint density at radius 1 is 1.26 bits per heavy atom. The van der Waals surface area contributed by atoms with Crippen LogP contribution in [0.15, 0.2) is 29.2 Å². The Labute approximate surface area is 200 Å². The first-order valence-corrected chi connectivity index (χ1v) is 12.0. The van der Waals surface area contributed by atoms with E-state index in [0.29, 0.717) is 11.3 Å². The van der Waals surface area contributed by atoms with E-state index in [1.165, 1.54) is 29.0 Å². The lowest BCUT2D eigenvalue weighted by atomic mass is 9.98. The second-order valence-corrected chi connectivity index (χ2v) is 9.82. The first kappa shape index (κ1) is 22.1. The monoisotopic (exact) mass is 483 g/mol. The van der Waals surface area contributed by atoms with Gasteiger partial charge in [-0.3, -0.25) is 14.4 Å². The quantitative estimate of drug-likeness (QED) is 0.675. The van der Waals surface area contributed by atoms with Gasteiger partial charge in [-0.25, -0.2) is 4.39 Å². The Morgan fingerprint density at radius 2 is 2.06 bits per heavy atom. The highest BCUT2D eigenvalue weighted by Gasteiger charge is 2.51. The number of carbonyl (C=O) groups is 2. The van der Waals surface area contributed by atoms with Crippen LogP contribution in [0.1, 0.15) is 59.0 Å². The molecule has 3 heterocycles. The van der Waals surface area contributed by atoms with Crippen LogP contribution < -0.4 is 15.5 Å². The summed E-state index contributed by atoms with van der Waals surface area (Å²) >= 11 is 0. The summed E-state index contributed by atoms with van der Waals surface area (Å²) in [5.41, 5.74) is -0.752. The van der Waals surface area contributed by atoms with Crippen LogP contribution >= 0.6 is 0 Å². The zero-order valence-electron chi connectivity index (χ0n) is 19.2. The molecule has 1 saturated heterocycles. The van der Waals surface area contributed by atoms with Gasteiger partial charge >= 0.3 is 0 Å². The van der Waals surface area contributed by atoms with Crippen molar-refractivity contribution in [1.82, 2.24) is 14.8 Å². The molecule has 2 bridgehead atoms. The molecule has 3 fully saturated rings. The Hall–Kier alpha value is -3.40. The van der Waals surface area contributed by atoms with E-state index in [0.717, 1.165) is 25.7 Å². The van der Waals surface area contributed by atoms with E-state index in [1.54, 1.807) is 4.90 Å². The lowest BCUT2D eigenvalue weighted by Crippen LogP contribution is -2.59. The maximum absolute atomic E-state index is 13.7. The first-order valence-electron chi connectivity index (χ1n) is 12.0. The van der Waals surface area contributed by atoms with Crippen LogP contribution in [0.25, 0.3) is 0 Å². The van der Waals surface area contributed by atoms with Crippen molar-refractivity contribution in [2.75, 3.05) is 0 Å². The van der Waals surface area contributed by atoms with E-state index in [4.69, 9.17) is 9.47 Å². The van der Waals surface area contributed by atoms with Crippen LogP contribution in [0.3, 0.4) is 0 Å². The number of nitrogens with one attached hydrogen (secondary N) is 1. The number of pyridine rings is 1. The van der Waals surface area contributed by atoms with Crippen molar-refractivity contribution in [3.63, 3.8) is 0 Å². The average Bonchev–Trinajstić information content (AvgIpc) is 3.60. The molecule has 6 rings (SSSR count). The van der Waals surface area contributed by atoms with Gasteiger partial charge in [-0.15, -0.1) is 0 Å². The van der Waals surface area contributed by atoms with Gasteiger partial charge in [0.25, 0.3) is 11.8 Å². The second kappa shape index (κ2) is 8.08. The number of carbonyl (C=O) groups excluding carboxylic acids is 2. The van der Waals surface area contributed by atoms with Gasteiger partial charge in [0.1, 0.15) is 17.1 Å². The molecule has 9 nitrogen and oxygen atoms in total. The normalized spacial score (nSPS) is 26.8. The lowest BCUT2D eigenvalue weighted by Gasteiger charge is -2.47. The fourth-order valence-corrected chi connectivity index (χ4v) is 5.48. The third kappa shape index (κ3) is 3.67. The second-order valence-electron chi connectivity index (χ2n) is 9.82. The van der Waals surface area contributed by atoms with E-state index < -0.39 is 35.0 Å². The van der Waals surface area contributed by atoms with Crippen LogP contribution in [0.4, 0.5) is 4.39 Å². The third-order valence-electron chi connectivity index (χ3n) is 7.52. The molecule has 184 valence electrons. The van der Waals surface area contributed by atoms with Crippen LogP contribution in [-0.4, -0.2) is 50.9 Å². The minimum atomic E-state index is -0.913. The Bertz CT molecular complexity index is 1290. The van der Waals surface area contributed by atoms with Crippen molar-refractivity contribution in [3.05, 3.63) is 57.3 Å². The number of aromatic nitrogens is 1. The highest BCUT2D eigenvalue weighted by atomic mass is 19.1. The summed E-state index contributed by atoms with van der Waals surface area (Å²) in [6, 6.07) is 4.07. The molecule has 10 heteroatoms. The summed E-state index contributed by atoms with van der Waals surface area (Å²) in [4.78, 5) is 40.7. The predicted octanol–water partition coefficient (Wildman–Crippen LogP) is 2.14. The molecule has 4 atom stereocenters. The van der Waals surface area contributed by atoms with Gasteiger partial charge in [0, 0.05) is 36.3 Å². The maximum atomic E-state index is 13.7. The molecule has 1 aromatic heterocycles. The van der Waals surface area contributed by atoms with Crippen molar-refractivity contribution in [2.45, 2.75) is 70.2 Å². The molecule has 2 N–H and O–H groups in total. The molecule has 0 unspecified atom stereocenters. The fourth-order valence-electron chi connectivity index (χ4n) is 5.48. The summed E-state index contributed by atoms with van der Waals surface area (Å²) < 4.78 is 27.0. The molecule has 0 spiro atoms. The number of benzene rings is 1. The van der Waals surface area contributed by atoms with Gasteiger partial charge in [-0.1, -0.05) is 13.0 Å². The van der Waals surface area contributed by atoms with Gasteiger partial charge in [0.2, 0.25) is 5.43 Å². The first-order chi connectivity index (χ1) is 16.8. The van der Waals surface area contributed by atoms with Crippen LogP contribution in [0, 0.1) is 11.7 Å². The van der Waals surface area contributed by atoms with Crippen molar-refractivity contribution in [1.29, 1.82) is 0 Å². The third-order valence-corrected chi connectivity index (χ3v) is 7.52. The fraction of sp³-hybridized carbons (Fsp3) is 0.480. The van der Waals surface area contributed by atoms with Crippen molar-refractivity contribution in [2.24, 2.45) is 5.92 Å². The van der Waals surface area contributed by atoms with Gasteiger partial charge in [-0.05, 0) is 31.7 Å². The molecule has 2 aliphatic heterocycles. The van der Waals surface area contributed by atoms with Crippen LogP contribution in [0.5, 0.6) is 11.5 Å². The highest BCUT2D eigenvalue weighted by molar-refractivity contribution is 5.99. The molecule has 2 aromatic rings. The minimum absolute atomic E-state index is 0.000222. The number of hydrogen-bond donors (Lipinski definition) is 2. The minimum Gasteiger partial charge on any atom is -0.503 e. The van der Waals surface area contributed by atoms with Crippen molar-refractivity contribution < 1.29 is 28.6 Å². The van der Waals surface area contributed by atoms with Crippen LogP contribution in [0.2, 0.25) is 0 Å². The number of fused-ring (bicyclic) bond motifs is 5. The Kier molecular flexibility index (Phi) is 5.10. The van der Waals surface area contributed by atoms with Crippen molar-refractivity contribution in [3.8, 4) is 11.5 Å². The predicted molar refractivity (Wildman–Crippen MR) is 121 cm³/mol. The number of amides is 2. The number of hydrogen-bond acceptors (Lipinski definition) is 6. The molecule has 1 aromatic carbocycles. The summed E-state index contributed by atoms with van der Waals surface area (Å²) in [7, 11) is 0. The maximum Gasteiger partial charge on any atom is 0.276 e. The van der Waals surface area contributed by atoms with Gasteiger partial charge in [0.15, 0.2) is 17.7 Å². The molecule has 0 radical (unpaired) electrons. The summed E-state index contributed by atoms with van der Waals surface area (Å²) in [5.74, 6) is -1.83. The highest BCUT2D eigenvalue weighted by Crippen LogP contribution is 2.42. The SMILES string of the molecule is C[C@H]1[C@@H]2CC[C@H]1N1C(=O)c3c(O)c(=O)c(C(=O)NCc4ccc(F)cc4OC4CC4)cn3C[C@@H]1O2. The molecule has 4 aliphatic rings. The molecule has 2 aliphatic carbocycles. The van der Waals surface area contributed by atoms with E-state index in [-0.39, 0.29) is 48.5 Å². The van der Waals surface area contributed by atoms with E-state index in [2.05, 4.69) is 5.32 Å². The summed E-state index contributed by atoms with van der Waals surface area (Å²) in [6.07, 6.45) is 4.37. The topological polar surface area (TPSA) is 110 Å². The van der Waals surface area contributed by atoms with Gasteiger partial charge < -0.3 is 29.4 Å². The lowest BCUT2D eigenvalue weighted by molar-refractivity contribution is -0.155. The average molecular weight is 483 g/mol. The molecule has 2 amide bonds. The largest absolute Gasteiger partial charge is 0.503 e. The van der Waals surface area contributed by atoms with E-state index in [9.17, 15) is 23.9 Å². The Morgan fingerprint density at radius 3 is 2.83 bits per heavy atom. The number of aromatic hydroxyl groups is 1. The molecule has 35 heavy (non-hydrogen) atoms. The number of ether oxygens (including phenoxy) is 2. The summed E-state index contributed by atoms with van der Waals surface area (Å²) in [5, 5.41) is 13.3. The van der Waals surface area contributed by atoms with Gasteiger partial charge in [-0.2, -0.15) is 0 Å². The molecular formula is C25H26FN3O6. The van der Waals surface area contributed by atoms with Gasteiger partial charge in [0.05, 0.1) is 18.8 Å². The van der Waals surface area contributed by atoms with E-state index in [1.807, 2.05) is 6.92 Å². The zero-order chi connectivity index (χ0) is 24.4. The van der Waals surface area contributed by atoms with E-state index >= 15 is 0 Å². The smallest absolute Gasteiger partial charge is 0.276 e. The van der Waals surface area contributed by atoms with Crippen molar-refractivity contribution >= 4 is 11.8 Å². The Balaban J connectivity index is 1.26. The standard InChI is InChI=1S/C25H26FN3O6/c1-12-17-6-7-18(12)35-20-11-28-10-16(22(30)23(31)21(28)25(33)29(17)20)24(32)27-9-13-2-3-14(26)8-19(13)34-15-4-5-15/h2-3,8,10,12,15,17-18,20,31H,4-7,9,11H2,1H3,(H,27,32)/t12-,17-,18+,20+/m1/s1. The number of rotatable bonds is 5. The zero-order valence-corrected chi connectivity index (χ0v) is 19.2. The van der Waals surface area contributed by atoms with Crippen LogP contribution in [-0.2, 0) is 17.8 Å². The summed E-state index contributed by atoms with van der Waals surface area (Å²) in [6.45, 7) is 2.26.